The predicted octanol–water partition coefficient (Wildman–Crippen LogP) is 2.34. The Kier molecular flexibility index (Phi) is 4.66. The van der Waals surface area contributed by atoms with Gasteiger partial charge in [-0.15, -0.1) is 0 Å². The highest BCUT2D eigenvalue weighted by Crippen LogP contribution is 2.38. The van der Waals surface area contributed by atoms with E-state index >= 15 is 0 Å². The molecule has 1 aliphatic rings. The van der Waals surface area contributed by atoms with E-state index in [1.54, 1.807) is 18.2 Å². The molecule has 1 aliphatic carbocycles. The fourth-order valence-electron chi connectivity index (χ4n) is 2.99. The van der Waals surface area contributed by atoms with Gasteiger partial charge in [-0.1, -0.05) is 25.3 Å². The van der Waals surface area contributed by atoms with E-state index in [0.29, 0.717) is 11.3 Å². The zero-order valence-electron chi connectivity index (χ0n) is 11.4. The Hall–Kier alpha value is -1.26. The second kappa shape index (κ2) is 6.26. The molecule has 0 amide bonds. The van der Waals surface area contributed by atoms with Crippen LogP contribution in [0.5, 0.6) is 11.5 Å². The molecule has 2 atom stereocenters. The number of hydrogen-bond donors (Lipinski definition) is 3. The van der Waals surface area contributed by atoms with Gasteiger partial charge in [0.2, 0.25) is 0 Å². The molecular weight excluding hydrogens is 242 g/mol. The molecule has 0 heterocycles. The predicted molar refractivity (Wildman–Crippen MR) is 74.2 cm³/mol. The monoisotopic (exact) mass is 265 g/mol. The van der Waals surface area contributed by atoms with Crippen molar-refractivity contribution in [2.24, 2.45) is 11.7 Å². The highest BCUT2D eigenvalue weighted by atomic mass is 16.5. The molecule has 0 saturated heterocycles. The molecule has 4 heteroatoms. The van der Waals surface area contributed by atoms with E-state index in [4.69, 9.17) is 10.5 Å². The second-order valence-electron chi connectivity index (χ2n) is 5.31. The summed E-state index contributed by atoms with van der Waals surface area (Å²) in [7, 11) is 1.54. The van der Waals surface area contributed by atoms with Crippen molar-refractivity contribution in [2.45, 2.75) is 44.2 Å². The van der Waals surface area contributed by atoms with Crippen LogP contribution in [0.2, 0.25) is 0 Å². The minimum absolute atomic E-state index is 0.0849. The second-order valence-corrected chi connectivity index (χ2v) is 5.31. The smallest absolute Gasteiger partial charge is 0.127 e. The van der Waals surface area contributed by atoms with E-state index in [1.165, 1.54) is 13.5 Å². The molecule has 4 nitrogen and oxygen atoms in total. The Labute approximate surface area is 114 Å². The first kappa shape index (κ1) is 14.2. The molecule has 0 unspecified atom stereocenters. The van der Waals surface area contributed by atoms with Gasteiger partial charge >= 0.3 is 0 Å². The SMILES string of the molecule is COc1cccc(O)c1[C@H](N)[C@H](O)C1CCCCC1. The average Bonchev–Trinajstić information content (AvgIpc) is 2.46. The standard InChI is InChI=1S/C15H23NO3/c1-19-12-9-5-8-11(17)13(12)14(16)15(18)10-6-3-2-4-7-10/h5,8-10,14-15,17-18H,2-4,6-7,16H2,1H3/t14-,15+/m0/s1. The van der Waals surface area contributed by atoms with Gasteiger partial charge in [-0.25, -0.2) is 0 Å². The number of phenols is 1. The average molecular weight is 265 g/mol. The number of rotatable bonds is 4. The number of benzene rings is 1. The van der Waals surface area contributed by atoms with Crippen molar-refractivity contribution >= 4 is 0 Å². The number of aliphatic hydroxyl groups excluding tert-OH is 1. The highest BCUT2D eigenvalue weighted by Gasteiger charge is 2.30. The third-order valence-corrected chi connectivity index (χ3v) is 4.10. The van der Waals surface area contributed by atoms with Crippen LogP contribution in [-0.4, -0.2) is 23.4 Å². The van der Waals surface area contributed by atoms with Crippen molar-refractivity contribution in [3.05, 3.63) is 23.8 Å². The normalized spacial score (nSPS) is 19.9. The Bertz CT molecular complexity index is 416. The minimum Gasteiger partial charge on any atom is -0.507 e. The van der Waals surface area contributed by atoms with Crippen LogP contribution in [0.1, 0.15) is 43.7 Å². The van der Waals surface area contributed by atoms with Gasteiger partial charge in [-0.05, 0) is 30.9 Å². The number of hydrogen-bond acceptors (Lipinski definition) is 4. The van der Waals surface area contributed by atoms with Gasteiger partial charge in [-0.3, -0.25) is 0 Å². The minimum atomic E-state index is -0.637. The molecule has 4 N–H and O–H groups in total. The summed E-state index contributed by atoms with van der Waals surface area (Å²) in [6, 6.07) is 4.42. The molecular formula is C15H23NO3. The van der Waals surface area contributed by atoms with E-state index in [1.807, 2.05) is 0 Å². The Morgan fingerprint density at radius 2 is 1.95 bits per heavy atom. The van der Waals surface area contributed by atoms with Crippen molar-refractivity contribution in [3.8, 4) is 11.5 Å². The Morgan fingerprint density at radius 1 is 1.26 bits per heavy atom. The quantitative estimate of drug-likeness (QED) is 0.781. The Balaban J connectivity index is 2.20. The van der Waals surface area contributed by atoms with Crippen molar-refractivity contribution in [1.29, 1.82) is 0 Å². The lowest BCUT2D eigenvalue weighted by Crippen LogP contribution is -2.34. The van der Waals surface area contributed by atoms with E-state index in [2.05, 4.69) is 0 Å². The van der Waals surface area contributed by atoms with Crippen molar-refractivity contribution < 1.29 is 14.9 Å². The molecule has 2 rings (SSSR count). The molecule has 0 radical (unpaired) electrons. The van der Waals surface area contributed by atoms with Gasteiger partial charge in [0.15, 0.2) is 0 Å². The van der Waals surface area contributed by atoms with Gasteiger partial charge in [0.05, 0.1) is 24.8 Å². The lowest BCUT2D eigenvalue weighted by Gasteiger charge is -2.31. The van der Waals surface area contributed by atoms with Gasteiger partial charge in [0.1, 0.15) is 11.5 Å². The van der Waals surface area contributed by atoms with Crippen LogP contribution >= 0.6 is 0 Å². The first-order valence-corrected chi connectivity index (χ1v) is 6.94. The molecule has 1 fully saturated rings. The maximum Gasteiger partial charge on any atom is 0.127 e. The summed E-state index contributed by atoms with van der Waals surface area (Å²) in [4.78, 5) is 0. The fraction of sp³-hybridized carbons (Fsp3) is 0.600. The van der Waals surface area contributed by atoms with Crippen molar-refractivity contribution in [1.82, 2.24) is 0 Å². The summed E-state index contributed by atoms with van der Waals surface area (Å²) in [5.41, 5.74) is 6.66. The lowest BCUT2D eigenvalue weighted by molar-refractivity contribution is 0.0603. The largest absolute Gasteiger partial charge is 0.507 e. The van der Waals surface area contributed by atoms with Crippen molar-refractivity contribution in [2.75, 3.05) is 7.11 Å². The number of nitrogens with two attached hydrogens (primary N) is 1. The zero-order valence-corrected chi connectivity index (χ0v) is 11.4. The zero-order chi connectivity index (χ0) is 13.8. The maximum atomic E-state index is 10.4. The number of aliphatic hydroxyl groups is 1. The van der Waals surface area contributed by atoms with Gasteiger partial charge in [0, 0.05) is 0 Å². The van der Waals surface area contributed by atoms with Crippen molar-refractivity contribution in [3.63, 3.8) is 0 Å². The number of aromatic hydroxyl groups is 1. The third-order valence-electron chi connectivity index (χ3n) is 4.10. The summed E-state index contributed by atoms with van der Waals surface area (Å²) < 4.78 is 5.23. The first-order valence-electron chi connectivity index (χ1n) is 6.94. The first-order chi connectivity index (χ1) is 9.15. The van der Waals surface area contributed by atoms with E-state index < -0.39 is 12.1 Å². The summed E-state index contributed by atoms with van der Waals surface area (Å²) in [5.74, 6) is 0.831. The van der Waals surface area contributed by atoms with E-state index in [9.17, 15) is 10.2 Å². The molecule has 1 saturated carbocycles. The summed E-state index contributed by atoms with van der Waals surface area (Å²) in [6.45, 7) is 0. The third kappa shape index (κ3) is 3.01. The van der Waals surface area contributed by atoms with E-state index in [0.717, 1.165) is 25.7 Å². The molecule has 0 aliphatic heterocycles. The molecule has 1 aromatic rings. The van der Waals surface area contributed by atoms with Gasteiger partial charge < -0.3 is 20.7 Å². The van der Waals surface area contributed by atoms with Crippen LogP contribution in [0.15, 0.2) is 18.2 Å². The molecule has 106 valence electrons. The van der Waals surface area contributed by atoms with Gasteiger partial charge in [-0.2, -0.15) is 0 Å². The summed E-state index contributed by atoms with van der Waals surface area (Å²) >= 11 is 0. The summed E-state index contributed by atoms with van der Waals surface area (Å²) in [5, 5.41) is 20.4. The van der Waals surface area contributed by atoms with Crippen LogP contribution in [-0.2, 0) is 0 Å². The van der Waals surface area contributed by atoms with Crippen LogP contribution in [0.4, 0.5) is 0 Å². The van der Waals surface area contributed by atoms with E-state index in [-0.39, 0.29) is 11.7 Å². The molecule has 0 bridgehead atoms. The van der Waals surface area contributed by atoms with Crippen LogP contribution < -0.4 is 10.5 Å². The lowest BCUT2D eigenvalue weighted by atomic mass is 9.81. The molecule has 19 heavy (non-hydrogen) atoms. The Morgan fingerprint density at radius 3 is 2.58 bits per heavy atom. The highest BCUT2D eigenvalue weighted by molar-refractivity contribution is 5.46. The fourth-order valence-corrected chi connectivity index (χ4v) is 2.99. The molecule has 0 aromatic heterocycles. The molecule has 0 spiro atoms. The van der Waals surface area contributed by atoms with Gasteiger partial charge in [0.25, 0.3) is 0 Å². The molecule has 1 aromatic carbocycles. The number of methoxy groups -OCH3 is 1. The summed E-state index contributed by atoms with van der Waals surface area (Å²) in [6.07, 6.45) is 4.90. The van der Waals surface area contributed by atoms with Crippen LogP contribution in [0, 0.1) is 5.92 Å². The van der Waals surface area contributed by atoms with Crippen LogP contribution in [0.3, 0.4) is 0 Å². The number of phenolic OH excluding ortho intramolecular Hbond substituents is 1. The van der Waals surface area contributed by atoms with Crippen LogP contribution in [0.25, 0.3) is 0 Å². The maximum absolute atomic E-state index is 10.4. The topological polar surface area (TPSA) is 75.7 Å². The number of ether oxygens (including phenoxy) is 1.